The summed E-state index contributed by atoms with van der Waals surface area (Å²) in [4.78, 5) is 2.42. The molecule has 0 amide bonds. The molecule has 9 aromatic carbocycles. The Balaban J connectivity index is 1.13. The molecule has 0 fully saturated rings. The number of anilines is 3. The van der Waals surface area contributed by atoms with Crippen molar-refractivity contribution >= 4 is 80.9 Å². The molecule has 10 rings (SSSR count). The van der Waals surface area contributed by atoms with Gasteiger partial charge in [0.1, 0.15) is 0 Å². The first kappa shape index (κ1) is 28.8. The van der Waals surface area contributed by atoms with Crippen LogP contribution in [0.4, 0.5) is 17.1 Å². The van der Waals surface area contributed by atoms with E-state index in [2.05, 4.69) is 193 Å². The summed E-state index contributed by atoms with van der Waals surface area (Å²) in [5.41, 5.74) is 8.27. The van der Waals surface area contributed by atoms with E-state index in [1.807, 2.05) is 11.3 Å². The molecule has 50 heavy (non-hydrogen) atoms. The Labute approximate surface area is 294 Å². The standard InChI is InChI=1S/C48H31NS/c1-2-10-32(11-3-1)37-13-8-14-40(30-37)49(45-18-9-17-43-42-16-6-7-19-46(42)50-48(43)45)39-28-26-33(27-29-39)38-25-22-35-21-24-36-23-20-34-12-4-5-15-41(34)47(36)44(35)31-38/h1-31H. The molecule has 0 atom stereocenters. The highest BCUT2D eigenvalue weighted by Gasteiger charge is 2.19. The molecule has 0 saturated heterocycles. The van der Waals surface area contributed by atoms with Crippen molar-refractivity contribution in [2.24, 2.45) is 0 Å². The molecule has 0 unspecified atom stereocenters. The molecule has 2 heteroatoms. The molecule has 1 nitrogen and oxygen atoms in total. The van der Waals surface area contributed by atoms with E-state index in [1.165, 1.54) is 80.4 Å². The number of benzene rings is 9. The van der Waals surface area contributed by atoms with Crippen LogP contribution in [0.5, 0.6) is 0 Å². The molecule has 1 aromatic heterocycles. The van der Waals surface area contributed by atoms with Gasteiger partial charge >= 0.3 is 0 Å². The highest BCUT2D eigenvalue weighted by atomic mass is 32.1. The van der Waals surface area contributed by atoms with Crippen LogP contribution in [0.25, 0.3) is 74.7 Å². The van der Waals surface area contributed by atoms with Gasteiger partial charge in [0.15, 0.2) is 0 Å². The molecule has 0 aliphatic rings. The summed E-state index contributed by atoms with van der Waals surface area (Å²) < 4.78 is 2.59. The van der Waals surface area contributed by atoms with Gasteiger partial charge in [-0.2, -0.15) is 0 Å². The second-order valence-corrected chi connectivity index (χ2v) is 14.0. The Kier molecular flexibility index (Phi) is 6.75. The SMILES string of the molecule is c1ccc(-c2cccc(N(c3ccc(-c4ccc5ccc6ccc7ccccc7c6c5c4)cc3)c3cccc4c3sc3ccccc34)c2)cc1. The predicted octanol–water partition coefficient (Wildman–Crippen LogP) is 14.3. The first-order chi connectivity index (χ1) is 24.8. The largest absolute Gasteiger partial charge is 0.309 e. The molecule has 0 radical (unpaired) electrons. The third-order valence-electron chi connectivity index (χ3n) is 10.0. The van der Waals surface area contributed by atoms with Crippen molar-refractivity contribution in [3.8, 4) is 22.3 Å². The summed E-state index contributed by atoms with van der Waals surface area (Å²) in [6, 6.07) is 68.7. The van der Waals surface area contributed by atoms with Gasteiger partial charge in [-0.3, -0.25) is 0 Å². The molecule has 0 aliphatic heterocycles. The first-order valence-corrected chi connectivity index (χ1v) is 17.9. The molecule has 234 valence electrons. The Morgan fingerprint density at radius 2 is 0.940 bits per heavy atom. The van der Waals surface area contributed by atoms with Crippen molar-refractivity contribution in [3.05, 3.63) is 188 Å². The molecule has 0 saturated carbocycles. The zero-order valence-corrected chi connectivity index (χ0v) is 28.1. The fourth-order valence-electron chi connectivity index (χ4n) is 7.60. The highest BCUT2D eigenvalue weighted by molar-refractivity contribution is 7.26. The second-order valence-electron chi connectivity index (χ2n) is 12.9. The average Bonchev–Trinajstić information content (AvgIpc) is 3.58. The van der Waals surface area contributed by atoms with Gasteiger partial charge in [0.25, 0.3) is 0 Å². The monoisotopic (exact) mass is 653 g/mol. The normalized spacial score (nSPS) is 11.6. The van der Waals surface area contributed by atoms with Gasteiger partial charge in [0.05, 0.1) is 10.4 Å². The predicted molar refractivity (Wildman–Crippen MR) is 217 cm³/mol. The summed E-state index contributed by atoms with van der Waals surface area (Å²) in [5.74, 6) is 0. The van der Waals surface area contributed by atoms with Crippen LogP contribution in [0.15, 0.2) is 188 Å². The molecule has 0 spiro atoms. The Hall–Kier alpha value is -6.22. The quantitative estimate of drug-likeness (QED) is 0.167. The lowest BCUT2D eigenvalue weighted by atomic mass is 9.94. The summed E-state index contributed by atoms with van der Waals surface area (Å²) in [5, 5.41) is 10.3. The minimum Gasteiger partial charge on any atom is -0.309 e. The number of rotatable bonds is 5. The van der Waals surface area contributed by atoms with Crippen LogP contribution in [0.2, 0.25) is 0 Å². The maximum Gasteiger partial charge on any atom is 0.0640 e. The van der Waals surface area contributed by atoms with Crippen LogP contribution in [0.3, 0.4) is 0 Å². The summed E-state index contributed by atoms with van der Waals surface area (Å²) >= 11 is 1.87. The van der Waals surface area contributed by atoms with Crippen LogP contribution >= 0.6 is 11.3 Å². The number of nitrogens with zero attached hydrogens (tertiary/aromatic N) is 1. The van der Waals surface area contributed by atoms with Crippen LogP contribution in [-0.2, 0) is 0 Å². The van der Waals surface area contributed by atoms with Crippen LogP contribution in [0.1, 0.15) is 0 Å². The molecule has 0 aliphatic carbocycles. The number of hydrogen-bond acceptors (Lipinski definition) is 2. The van der Waals surface area contributed by atoms with Crippen molar-refractivity contribution in [1.29, 1.82) is 0 Å². The first-order valence-electron chi connectivity index (χ1n) is 17.1. The zero-order chi connectivity index (χ0) is 33.0. The Bertz CT molecular complexity index is 2860. The van der Waals surface area contributed by atoms with Crippen molar-refractivity contribution in [2.75, 3.05) is 4.90 Å². The average molecular weight is 654 g/mol. The maximum atomic E-state index is 2.42. The van der Waals surface area contributed by atoms with E-state index in [1.54, 1.807) is 0 Å². The van der Waals surface area contributed by atoms with Crippen LogP contribution in [-0.4, -0.2) is 0 Å². The lowest BCUT2D eigenvalue weighted by Crippen LogP contribution is -2.10. The van der Waals surface area contributed by atoms with Gasteiger partial charge in [-0.15, -0.1) is 11.3 Å². The summed E-state index contributed by atoms with van der Waals surface area (Å²) in [6.07, 6.45) is 0. The van der Waals surface area contributed by atoms with Crippen molar-refractivity contribution in [2.45, 2.75) is 0 Å². The highest BCUT2D eigenvalue weighted by Crippen LogP contribution is 2.45. The molecule has 0 N–H and O–H groups in total. The number of hydrogen-bond donors (Lipinski definition) is 0. The Morgan fingerprint density at radius 3 is 1.80 bits per heavy atom. The second kappa shape index (κ2) is 11.7. The van der Waals surface area contributed by atoms with Gasteiger partial charge in [-0.1, -0.05) is 146 Å². The van der Waals surface area contributed by atoms with Gasteiger partial charge in [-0.05, 0) is 97.0 Å². The summed E-state index contributed by atoms with van der Waals surface area (Å²) in [6.45, 7) is 0. The smallest absolute Gasteiger partial charge is 0.0640 e. The van der Waals surface area contributed by atoms with E-state index in [0.29, 0.717) is 0 Å². The van der Waals surface area contributed by atoms with E-state index in [-0.39, 0.29) is 0 Å². The van der Waals surface area contributed by atoms with E-state index >= 15 is 0 Å². The number of fused-ring (bicyclic) bond motifs is 8. The minimum atomic E-state index is 1.13. The fraction of sp³-hybridized carbons (Fsp3) is 0. The maximum absolute atomic E-state index is 2.42. The van der Waals surface area contributed by atoms with Crippen molar-refractivity contribution < 1.29 is 0 Å². The topological polar surface area (TPSA) is 3.24 Å². The van der Waals surface area contributed by atoms with E-state index < -0.39 is 0 Å². The van der Waals surface area contributed by atoms with Crippen molar-refractivity contribution in [3.63, 3.8) is 0 Å². The lowest BCUT2D eigenvalue weighted by molar-refractivity contribution is 1.30. The van der Waals surface area contributed by atoms with Gasteiger partial charge in [0.2, 0.25) is 0 Å². The van der Waals surface area contributed by atoms with Crippen LogP contribution < -0.4 is 4.90 Å². The van der Waals surface area contributed by atoms with E-state index in [0.717, 1.165) is 11.4 Å². The summed E-state index contributed by atoms with van der Waals surface area (Å²) in [7, 11) is 0. The van der Waals surface area contributed by atoms with Gasteiger partial charge < -0.3 is 4.90 Å². The molecule has 10 aromatic rings. The molecular weight excluding hydrogens is 623 g/mol. The third-order valence-corrected chi connectivity index (χ3v) is 11.2. The van der Waals surface area contributed by atoms with Crippen LogP contribution in [0, 0.1) is 0 Å². The lowest BCUT2D eigenvalue weighted by Gasteiger charge is -2.27. The van der Waals surface area contributed by atoms with Crippen molar-refractivity contribution in [1.82, 2.24) is 0 Å². The van der Waals surface area contributed by atoms with Gasteiger partial charge in [-0.25, -0.2) is 0 Å². The Morgan fingerprint density at radius 1 is 0.340 bits per heavy atom. The minimum absolute atomic E-state index is 1.13. The zero-order valence-electron chi connectivity index (χ0n) is 27.3. The molecular formula is C48H31NS. The van der Waals surface area contributed by atoms with E-state index in [4.69, 9.17) is 0 Å². The van der Waals surface area contributed by atoms with E-state index in [9.17, 15) is 0 Å². The number of thiophene rings is 1. The molecule has 1 heterocycles. The fourth-order valence-corrected chi connectivity index (χ4v) is 8.81. The van der Waals surface area contributed by atoms with Gasteiger partial charge in [0, 0.05) is 26.8 Å². The third kappa shape index (κ3) is 4.76. The molecule has 0 bridgehead atoms.